The van der Waals surface area contributed by atoms with Gasteiger partial charge in [-0.3, -0.25) is 9.00 Å². The van der Waals surface area contributed by atoms with Crippen molar-refractivity contribution in [3.8, 4) is 0 Å². The molecular weight excluding hydrogens is 438 g/mol. The van der Waals surface area contributed by atoms with Crippen LogP contribution in [0.5, 0.6) is 0 Å². The summed E-state index contributed by atoms with van der Waals surface area (Å²) in [5.41, 5.74) is 0.972. The van der Waals surface area contributed by atoms with Crippen LogP contribution in [0.15, 0.2) is 74.4 Å². The van der Waals surface area contributed by atoms with E-state index < -0.39 is 10.8 Å². The smallest absolute Gasteiger partial charge is 0.287 e. The molecule has 3 rings (SSSR count). The van der Waals surface area contributed by atoms with Crippen LogP contribution in [0, 0.1) is 0 Å². The monoisotopic (exact) mass is 451 g/mol. The molecule has 7 heteroatoms. The third kappa shape index (κ3) is 4.84. The minimum atomic E-state index is -1.34. The molecule has 2 aromatic carbocycles. The summed E-state index contributed by atoms with van der Waals surface area (Å²) in [6.45, 7) is 0.389. The highest BCUT2D eigenvalue weighted by atomic mass is 79.9. The summed E-state index contributed by atoms with van der Waals surface area (Å²) in [6.07, 6.45) is 0. The van der Waals surface area contributed by atoms with E-state index in [9.17, 15) is 9.00 Å². The van der Waals surface area contributed by atoms with Crippen molar-refractivity contribution in [1.82, 2.24) is 5.32 Å². The molecule has 0 radical (unpaired) electrons. The Morgan fingerprint density at radius 1 is 1.12 bits per heavy atom. The summed E-state index contributed by atoms with van der Waals surface area (Å²) >= 11 is 9.46. The van der Waals surface area contributed by atoms with Crippen LogP contribution in [-0.4, -0.2) is 10.1 Å². The van der Waals surface area contributed by atoms with Crippen molar-refractivity contribution in [3.05, 3.63) is 87.2 Å². The molecule has 1 amide bonds. The molecule has 0 aliphatic heterocycles. The summed E-state index contributed by atoms with van der Waals surface area (Å²) < 4.78 is 18.9. The molecule has 26 heavy (non-hydrogen) atoms. The van der Waals surface area contributed by atoms with Gasteiger partial charge in [-0.05, 0) is 42.0 Å². The van der Waals surface area contributed by atoms with Crippen molar-refractivity contribution >= 4 is 44.2 Å². The van der Waals surface area contributed by atoms with Gasteiger partial charge in [-0.2, -0.15) is 0 Å². The van der Waals surface area contributed by atoms with E-state index in [1.807, 2.05) is 24.3 Å². The van der Waals surface area contributed by atoms with Crippen LogP contribution in [-0.2, 0) is 23.1 Å². The van der Waals surface area contributed by atoms with Crippen LogP contribution in [0.4, 0.5) is 0 Å². The lowest BCUT2D eigenvalue weighted by atomic mass is 10.2. The van der Waals surface area contributed by atoms with Crippen molar-refractivity contribution in [1.29, 1.82) is 0 Å². The first kappa shape index (κ1) is 18.9. The molecule has 0 fully saturated rings. The SMILES string of the molecule is O=C(NCc1cccc(Br)c1)c1ccc(C[S@@](=O)c2ccccc2Cl)o1. The fourth-order valence-corrected chi connectivity index (χ4v) is 4.26. The highest BCUT2D eigenvalue weighted by molar-refractivity contribution is 9.10. The van der Waals surface area contributed by atoms with Gasteiger partial charge in [-0.1, -0.05) is 51.8 Å². The predicted octanol–water partition coefficient (Wildman–Crippen LogP) is 4.93. The number of hydrogen-bond donors (Lipinski definition) is 1. The molecule has 1 heterocycles. The molecule has 1 aromatic heterocycles. The van der Waals surface area contributed by atoms with Crippen LogP contribution in [0.25, 0.3) is 0 Å². The van der Waals surface area contributed by atoms with Crippen molar-refractivity contribution in [3.63, 3.8) is 0 Å². The Morgan fingerprint density at radius 3 is 2.69 bits per heavy atom. The van der Waals surface area contributed by atoms with Crippen molar-refractivity contribution < 1.29 is 13.4 Å². The third-order valence-electron chi connectivity index (χ3n) is 3.58. The van der Waals surface area contributed by atoms with Gasteiger partial charge in [0.25, 0.3) is 5.91 Å². The van der Waals surface area contributed by atoms with Crippen molar-refractivity contribution in [2.45, 2.75) is 17.2 Å². The molecule has 1 N–H and O–H groups in total. The van der Waals surface area contributed by atoms with Gasteiger partial charge in [0.15, 0.2) is 5.76 Å². The van der Waals surface area contributed by atoms with E-state index in [1.54, 1.807) is 36.4 Å². The van der Waals surface area contributed by atoms with Crippen LogP contribution in [0.1, 0.15) is 21.9 Å². The van der Waals surface area contributed by atoms with Gasteiger partial charge in [0.2, 0.25) is 0 Å². The van der Waals surface area contributed by atoms with Gasteiger partial charge in [0, 0.05) is 11.0 Å². The zero-order valence-electron chi connectivity index (χ0n) is 13.6. The van der Waals surface area contributed by atoms with Gasteiger partial charge in [-0.25, -0.2) is 0 Å². The maximum absolute atomic E-state index is 12.4. The molecular formula is C19H15BrClNO3S. The Morgan fingerprint density at radius 2 is 1.92 bits per heavy atom. The second kappa shape index (κ2) is 8.66. The Balaban J connectivity index is 1.61. The average molecular weight is 453 g/mol. The minimum Gasteiger partial charge on any atom is -0.455 e. The fourth-order valence-electron chi connectivity index (χ4n) is 2.33. The van der Waals surface area contributed by atoms with Gasteiger partial charge in [-0.15, -0.1) is 0 Å². The molecule has 0 saturated carbocycles. The van der Waals surface area contributed by atoms with E-state index in [2.05, 4.69) is 21.2 Å². The number of furan rings is 1. The summed E-state index contributed by atoms with van der Waals surface area (Å²) in [4.78, 5) is 12.8. The zero-order valence-corrected chi connectivity index (χ0v) is 16.7. The largest absolute Gasteiger partial charge is 0.455 e. The Kier molecular flexibility index (Phi) is 6.29. The Labute approximate surface area is 167 Å². The van der Waals surface area contributed by atoms with Crippen LogP contribution in [0.2, 0.25) is 5.02 Å². The molecule has 0 bridgehead atoms. The number of hydrogen-bond acceptors (Lipinski definition) is 3. The van der Waals surface area contributed by atoms with E-state index in [-0.39, 0.29) is 17.4 Å². The summed E-state index contributed by atoms with van der Waals surface area (Å²) in [7, 11) is -1.34. The lowest BCUT2D eigenvalue weighted by Gasteiger charge is -2.04. The molecule has 134 valence electrons. The second-order valence-electron chi connectivity index (χ2n) is 5.50. The first-order chi connectivity index (χ1) is 12.5. The highest BCUT2D eigenvalue weighted by Crippen LogP contribution is 2.22. The first-order valence-electron chi connectivity index (χ1n) is 7.77. The maximum atomic E-state index is 12.4. The third-order valence-corrected chi connectivity index (χ3v) is 5.91. The summed E-state index contributed by atoms with van der Waals surface area (Å²) in [6, 6.07) is 17.9. The fraction of sp³-hybridized carbons (Fsp3) is 0.105. The topological polar surface area (TPSA) is 59.3 Å². The van der Waals surface area contributed by atoms with E-state index in [4.69, 9.17) is 16.0 Å². The maximum Gasteiger partial charge on any atom is 0.287 e. The van der Waals surface area contributed by atoms with Crippen molar-refractivity contribution in [2.75, 3.05) is 0 Å². The molecule has 0 spiro atoms. The minimum absolute atomic E-state index is 0.155. The molecule has 1 atom stereocenters. The molecule has 4 nitrogen and oxygen atoms in total. The summed E-state index contributed by atoms with van der Waals surface area (Å²) in [5, 5.41) is 3.25. The quantitative estimate of drug-likeness (QED) is 0.577. The van der Waals surface area contributed by atoms with E-state index in [0.717, 1.165) is 10.0 Å². The Hall–Kier alpha value is -1.89. The molecule has 0 saturated heterocycles. The molecule has 0 aliphatic rings. The average Bonchev–Trinajstić information content (AvgIpc) is 3.08. The van der Waals surface area contributed by atoms with Crippen LogP contribution in [0.3, 0.4) is 0 Å². The molecule has 3 aromatic rings. The lowest BCUT2D eigenvalue weighted by molar-refractivity contribution is 0.0921. The number of halogens is 2. The van der Waals surface area contributed by atoms with Crippen molar-refractivity contribution in [2.24, 2.45) is 0 Å². The first-order valence-corrected chi connectivity index (χ1v) is 10.3. The lowest BCUT2D eigenvalue weighted by Crippen LogP contribution is -2.22. The van der Waals surface area contributed by atoms with Gasteiger partial charge in [0.05, 0.1) is 26.5 Å². The predicted molar refractivity (Wildman–Crippen MR) is 106 cm³/mol. The van der Waals surface area contributed by atoms with Gasteiger partial charge < -0.3 is 9.73 Å². The number of carbonyl (C=O) groups excluding carboxylic acids is 1. The number of amides is 1. The van der Waals surface area contributed by atoms with E-state index in [1.165, 1.54) is 0 Å². The van der Waals surface area contributed by atoms with E-state index >= 15 is 0 Å². The molecule has 0 unspecified atom stereocenters. The zero-order chi connectivity index (χ0) is 18.5. The van der Waals surface area contributed by atoms with Crippen LogP contribution >= 0.6 is 27.5 Å². The van der Waals surface area contributed by atoms with E-state index in [0.29, 0.717) is 22.2 Å². The highest BCUT2D eigenvalue weighted by Gasteiger charge is 2.15. The van der Waals surface area contributed by atoms with Gasteiger partial charge >= 0.3 is 0 Å². The van der Waals surface area contributed by atoms with Gasteiger partial charge in [0.1, 0.15) is 5.76 Å². The van der Waals surface area contributed by atoms with Crippen LogP contribution < -0.4 is 5.32 Å². The second-order valence-corrected chi connectivity index (χ2v) is 8.24. The standard InChI is InChI=1S/C19H15BrClNO3S/c20-14-5-3-4-13(10-14)11-22-19(23)17-9-8-15(25-17)12-26(24)18-7-2-1-6-16(18)21/h1-10H,11-12H2,(H,22,23)/t26-/m1/s1. The molecule has 0 aliphatic carbocycles. The number of carbonyl (C=O) groups is 1. The number of benzene rings is 2. The Bertz CT molecular complexity index is 957. The summed E-state index contributed by atoms with van der Waals surface area (Å²) in [5.74, 6) is 0.490. The normalized spacial score (nSPS) is 11.9. The number of rotatable bonds is 6. The number of nitrogens with one attached hydrogen (secondary N) is 1.